The van der Waals surface area contributed by atoms with Gasteiger partial charge in [-0.25, -0.2) is 4.68 Å². The summed E-state index contributed by atoms with van der Waals surface area (Å²) >= 11 is 6.00. The highest BCUT2D eigenvalue weighted by atomic mass is 35.5. The molecule has 0 saturated heterocycles. The topological polar surface area (TPSA) is 59.6 Å². The summed E-state index contributed by atoms with van der Waals surface area (Å²) in [5.41, 5.74) is 3.85. The van der Waals surface area contributed by atoms with Crippen molar-refractivity contribution < 1.29 is 9.94 Å². The fourth-order valence-corrected chi connectivity index (χ4v) is 2.69. The number of nitrogens with zero attached hydrogens (tertiary/aromatic N) is 3. The van der Waals surface area contributed by atoms with Crippen LogP contribution in [0.4, 0.5) is 0 Å². The Balaban J connectivity index is 2.02. The minimum absolute atomic E-state index is 0.621. The van der Waals surface area contributed by atoms with Gasteiger partial charge in [0.2, 0.25) is 0 Å². The molecular formula is C19H18ClN3O2. The molecule has 6 heteroatoms. The molecule has 1 heterocycles. The molecule has 0 radical (unpaired) electrons. The van der Waals surface area contributed by atoms with Crippen LogP contribution in [-0.2, 0) is 6.42 Å². The van der Waals surface area contributed by atoms with E-state index in [1.54, 1.807) is 7.11 Å². The van der Waals surface area contributed by atoms with E-state index in [0.717, 1.165) is 28.4 Å². The first-order valence-corrected chi connectivity index (χ1v) is 8.24. The molecule has 0 unspecified atom stereocenters. The van der Waals surface area contributed by atoms with Gasteiger partial charge in [0.05, 0.1) is 24.2 Å². The third-order valence-corrected chi connectivity index (χ3v) is 4.08. The lowest BCUT2D eigenvalue weighted by molar-refractivity contribution is 0.320. The summed E-state index contributed by atoms with van der Waals surface area (Å²) in [6, 6.07) is 17.4. The van der Waals surface area contributed by atoms with E-state index >= 15 is 0 Å². The van der Waals surface area contributed by atoms with Crippen molar-refractivity contribution in [1.82, 2.24) is 9.78 Å². The van der Waals surface area contributed by atoms with E-state index in [4.69, 9.17) is 26.6 Å². The monoisotopic (exact) mass is 355 g/mol. The third-order valence-electron chi connectivity index (χ3n) is 3.83. The van der Waals surface area contributed by atoms with Gasteiger partial charge in [-0.1, -0.05) is 23.7 Å². The Kier molecular flexibility index (Phi) is 5.36. The molecule has 0 atom stereocenters. The van der Waals surface area contributed by atoms with Crippen molar-refractivity contribution in [3.05, 3.63) is 65.3 Å². The highest BCUT2D eigenvalue weighted by Gasteiger charge is 2.12. The number of hydrogen-bond donors (Lipinski definition) is 1. The Bertz CT molecular complexity index is 855. The number of oxime groups is 1. The van der Waals surface area contributed by atoms with Crippen molar-refractivity contribution >= 4 is 17.8 Å². The second-order valence-corrected chi connectivity index (χ2v) is 5.91. The van der Waals surface area contributed by atoms with Crippen molar-refractivity contribution in [3.8, 4) is 22.7 Å². The predicted molar refractivity (Wildman–Crippen MR) is 99.2 cm³/mol. The maximum Gasteiger partial charge on any atom is 0.119 e. The van der Waals surface area contributed by atoms with Crippen molar-refractivity contribution in [2.45, 2.75) is 12.8 Å². The summed E-state index contributed by atoms with van der Waals surface area (Å²) in [5.74, 6) is 0.795. The minimum atomic E-state index is 0.621. The quantitative estimate of drug-likeness (QED) is 0.399. The fraction of sp³-hybridized carbons (Fsp3) is 0.158. The lowest BCUT2D eigenvalue weighted by atomic mass is 10.1. The molecule has 0 bridgehead atoms. The number of methoxy groups -OCH3 is 1. The van der Waals surface area contributed by atoms with E-state index in [9.17, 15) is 0 Å². The van der Waals surface area contributed by atoms with Gasteiger partial charge in [0.25, 0.3) is 0 Å². The number of ether oxygens (including phenoxy) is 1. The zero-order chi connectivity index (χ0) is 17.6. The Morgan fingerprint density at radius 3 is 2.52 bits per heavy atom. The Morgan fingerprint density at radius 2 is 1.88 bits per heavy atom. The van der Waals surface area contributed by atoms with Crippen LogP contribution in [0.2, 0.25) is 5.02 Å². The number of aromatic nitrogens is 2. The van der Waals surface area contributed by atoms with Gasteiger partial charge in [-0.3, -0.25) is 0 Å². The van der Waals surface area contributed by atoms with Gasteiger partial charge in [0.1, 0.15) is 5.75 Å². The van der Waals surface area contributed by atoms with E-state index < -0.39 is 0 Å². The first-order chi connectivity index (χ1) is 12.2. The smallest absolute Gasteiger partial charge is 0.119 e. The SMILES string of the molecule is COc1ccc(-n2nc(CC/C=N/O)cc2-c2ccc(Cl)cc2)cc1. The van der Waals surface area contributed by atoms with Crippen LogP contribution in [0.5, 0.6) is 5.75 Å². The molecule has 1 aromatic heterocycles. The van der Waals surface area contributed by atoms with Gasteiger partial charge in [-0.2, -0.15) is 5.10 Å². The molecule has 3 rings (SSSR count). The second-order valence-electron chi connectivity index (χ2n) is 5.47. The molecule has 0 amide bonds. The maximum atomic E-state index is 8.55. The zero-order valence-corrected chi connectivity index (χ0v) is 14.5. The van der Waals surface area contributed by atoms with E-state index in [0.29, 0.717) is 17.9 Å². The first-order valence-electron chi connectivity index (χ1n) is 7.86. The van der Waals surface area contributed by atoms with E-state index in [1.165, 1.54) is 6.21 Å². The Hall–Kier alpha value is -2.79. The van der Waals surface area contributed by atoms with Crippen LogP contribution >= 0.6 is 11.6 Å². The molecule has 128 valence electrons. The Labute approximate surface area is 151 Å². The lowest BCUT2D eigenvalue weighted by Crippen LogP contribution is -2.00. The number of halogens is 1. The molecule has 0 aliphatic carbocycles. The highest BCUT2D eigenvalue weighted by molar-refractivity contribution is 6.30. The Morgan fingerprint density at radius 1 is 1.16 bits per heavy atom. The van der Waals surface area contributed by atoms with Crippen molar-refractivity contribution in [2.24, 2.45) is 5.16 Å². The molecule has 25 heavy (non-hydrogen) atoms. The molecular weight excluding hydrogens is 338 g/mol. The predicted octanol–water partition coefficient (Wildman–Crippen LogP) is 4.59. The van der Waals surface area contributed by atoms with Crippen LogP contribution in [0, 0.1) is 0 Å². The van der Waals surface area contributed by atoms with Gasteiger partial charge >= 0.3 is 0 Å². The summed E-state index contributed by atoms with van der Waals surface area (Å²) in [5, 5.41) is 17.0. The zero-order valence-electron chi connectivity index (χ0n) is 13.8. The average Bonchev–Trinajstić information content (AvgIpc) is 3.07. The van der Waals surface area contributed by atoms with Crippen molar-refractivity contribution in [2.75, 3.05) is 7.11 Å². The molecule has 0 aliphatic heterocycles. The third kappa shape index (κ3) is 4.00. The number of aryl methyl sites for hydroxylation is 1. The van der Waals surface area contributed by atoms with Gasteiger partial charge < -0.3 is 9.94 Å². The first kappa shape index (κ1) is 17.0. The summed E-state index contributed by atoms with van der Waals surface area (Å²) in [4.78, 5) is 0. The highest BCUT2D eigenvalue weighted by Crippen LogP contribution is 2.26. The summed E-state index contributed by atoms with van der Waals surface area (Å²) in [6.07, 6.45) is 2.78. The van der Waals surface area contributed by atoms with Crippen LogP contribution < -0.4 is 4.74 Å². The summed E-state index contributed by atoms with van der Waals surface area (Å²) in [7, 11) is 1.64. The average molecular weight is 356 g/mol. The summed E-state index contributed by atoms with van der Waals surface area (Å²) < 4.78 is 7.12. The molecule has 0 saturated carbocycles. The van der Waals surface area contributed by atoms with Crippen LogP contribution in [0.3, 0.4) is 0 Å². The standard InChI is InChI=1S/C19H18ClN3O2/c1-25-18-10-8-17(9-11-18)23-19(14-4-6-15(20)7-5-14)13-16(22-23)3-2-12-21-24/h4-13,24H,2-3H2,1H3/b21-12+. The van der Waals surface area contributed by atoms with Gasteiger partial charge in [0.15, 0.2) is 0 Å². The normalized spacial score (nSPS) is 11.1. The van der Waals surface area contributed by atoms with E-state index in [1.807, 2.05) is 59.3 Å². The number of rotatable bonds is 6. The van der Waals surface area contributed by atoms with Crippen molar-refractivity contribution in [3.63, 3.8) is 0 Å². The molecule has 1 N–H and O–H groups in total. The number of hydrogen-bond acceptors (Lipinski definition) is 4. The largest absolute Gasteiger partial charge is 0.497 e. The lowest BCUT2D eigenvalue weighted by Gasteiger charge is -2.08. The van der Waals surface area contributed by atoms with Crippen LogP contribution in [0.1, 0.15) is 12.1 Å². The molecule has 0 fully saturated rings. The van der Waals surface area contributed by atoms with E-state index in [-0.39, 0.29) is 0 Å². The van der Waals surface area contributed by atoms with Crippen LogP contribution in [0.25, 0.3) is 16.9 Å². The molecule has 0 aliphatic rings. The van der Waals surface area contributed by atoms with E-state index in [2.05, 4.69) is 5.16 Å². The second kappa shape index (κ2) is 7.85. The van der Waals surface area contributed by atoms with Crippen LogP contribution in [0.15, 0.2) is 59.8 Å². The summed E-state index contributed by atoms with van der Waals surface area (Å²) in [6.45, 7) is 0. The van der Waals surface area contributed by atoms with Crippen molar-refractivity contribution in [1.29, 1.82) is 0 Å². The maximum absolute atomic E-state index is 8.55. The van der Waals surface area contributed by atoms with Crippen LogP contribution in [-0.4, -0.2) is 28.3 Å². The van der Waals surface area contributed by atoms with Gasteiger partial charge in [-0.05, 0) is 55.3 Å². The molecule has 3 aromatic rings. The van der Waals surface area contributed by atoms with Gasteiger partial charge in [-0.15, -0.1) is 5.16 Å². The molecule has 2 aromatic carbocycles. The minimum Gasteiger partial charge on any atom is -0.497 e. The van der Waals surface area contributed by atoms with Gasteiger partial charge in [0, 0.05) is 16.8 Å². The molecule has 0 spiro atoms. The molecule has 5 nitrogen and oxygen atoms in total. The number of benzene rings is 2. The fourth-order valence-electron chi connectivity index (χ4n) is 2.57.